The first-order chi connectivity index (χ1) is 11.0. The molecule has 2 heterocycles. The number of hydrogen-bond donors (Lipinski definition) is 0. The average molecular weight is 313 g/mol. The van der Waals surface area contributed by atoms with Crippen LogP contribution in [0.3, 0.4) is 0 Å². The Labute approximate surface area is 141 Å². The van der Waals surface area contributed by atoms with Crippen molar-refractivity contribution in [3.05, 3.63) is 35.5 Å². The maximum atomic E-state index is 2.71. The van der Waals surface area contributed by atoms with Gasteiger partial charge in [0.25, 0.3) is 0 Å². The highest BCUT2D eigenvalue weighted by Crippen LogP contribution is 2.32. The van der Waals surface area contributed by atoms with Gasteiger partial charge < -0.3 is 9.47 Å². The van der Waals surface area contributed by atoms with Crippen LogP contribution in [0.1, 0.15) is 50.7 Å². The van der Waals surface area contributed by atoms with Gasteiger partial charge in [0.05, 0.1) is 0 Å². The lowest BCUT2D eigenvalue weighted by Gasteiger charge is -2.32. The van der Waals surface area contributed by atoms with Crippen LogP contribution in [0.25, 0.3) is 10.9 Å². The van der Waals surface area contributed by atoms with Crippen molar-refractivity contribution in [2.24, 2.45) is 12.5 Å². The Morgan fingerprint density at radius 2 is 2.04 bits per heavy atom. The van der Waals surface area contributed by atoms with E-state index in [-0.39, 0.29) is 0 Å². The largest absolute Gasteiger partial charge is 0.350 e. The summed E-state index contributed by atoms with van der Waals surface area (Å²) in [4.78, 5) is 2.71. The first kappa shape index (κ1) is 16.6. The Morgan fingerprint density at radius 3 is 2.83 bits per heavy atom. The number of nitrogens with zero attached hydrogens (tertiary/aromatic N) is 2. The molecule has 0 N–H and O–H groups in total. The zero-order chi connectivity index (χ0) is 16.4. The maximum absolute atomic E-state index is 2.71. The molecule has 1 unspecified atom stereocenters. The molecule has 1 atom stereocenters. The molecule has 2 nitrogen and oxygen atoms in total. The molecule has 0 aliphatic carbocycles. The van der Waals surface area contributed by atoms with Crippen molar-refractivity contribution in [3.63, 3.8) is 0 Å². The quantitative estimate of drug-likeness (QED) is 0.777. The van der Waals surface area contributed by atoms with E-state index in [4.69, 9.17) is 0 Å². The molecule has 1 aromatic carbocycles. The third kappa shape index (κ3) is 3.63. The van der Waals surface area contributed by atoms with Crippen LogP contribution in [0.15, 0.2) is 24.4 Å². The summed E-state index contributed by atoms with van der Waals surface area (Å²) in [6, 6.07) is 6.82. The van der Waals surface area contributed by atoms with E-state index in [0.29, 0.717) is 5.41 Å². The molecular formula is C21H32N2. The van der Waals surface area contributed by atoms with Crippen molar-refractivity contribution in [2.45, 2.75) is 52.9 Å². The molecule has 0 saturated carbocycles. The number of aromatic nitrogens is 1. The molecule has 126 valence electrons. The van der Waals surface area contributed by atoms with Crippen LogP contribution in [-0.2, 0) is 13.5 Å². The van der Waals surface area contributed by atoms with Crippen molar-refractivity contribution in [2.75, 3.05) is 19.6 Å². The number of benzene rings is 1. The highest BCUT2D eigenvalue weighted by atomic mass is 15.1. The van der Waals surface area contributed by atoms with Crippen molar-refractivity contribution >= 4 is 10.9 Å². The number of fused-ring (bicyclic) bond motifs is 1. The van der Waals surface area contributed by atoms with E-state index in [9.17, 15) is 0 Å². The Hall–Kier alpha value is -1.28. The molecule has 1 aromatic heterocycles. The van der Waals surface area contributed by atoms with Crippen LogP contribution in [-0.4, -0.2) is 29.1 Å². The number of hydrogen-bond acceptors (Lipinski definition) is 1. The minimum Gasteiger partial charge on any atom is -0.350 e. The molecule has 0 spiro atoms. The van der Waals surface area contributed by atoms with E-state index in [0.717, 1.165) is 0 Å². The maximum Gasteiger partial charge on any atom is 0.0480 e. The van der Waals surface area contributed by atoms with Crippen molar-refractivity contribution < 1.29 is 0 Å². The fourth-order valence-corrected chi connectivity index (χ4v) is 4.13. The topological polar surface area (TPSA) is 8.17 Å². The standard InChI is InChI=1S/C21H32N2/c1-5-21(3)11-6-7-12-23(16-21)13-10-18-15-22(4)20-9-8-17(2)14-19(18)20/h8-9,14-15H,5-7,10-13,16H2,1-4H3. The smallest absolute Gasteiger partial charge is 0.0480 e. The highest BCUT2D eigenvalue weighted by molar-refractivity contribution is 5.84. The summed E-state index contributed by atoms with van der Waals surface area (Å²) >= 11 is 0. The fourth-order valence-electron chi connectivity index (χ4n) is 4.13. The Bertz CT molecular complexity index is 670. The molecule has 1 aliphatic rings. The van der Waals surface area contributed by atoms with Crippen LogP contribution in [0.5, 0.6) is 0 Å². The van der Waals surface area contributed by atoms with E-state index in [1.807, 2.05) is 0 Å². The van der Waals surface area contributed by atoms with Gasteiger partial charge in [0, 0.05) is 37.2 Å². The molecule has 2 aromatic rings. The highest BCUT2D eigenvalue weighted by Gasteiger charge is 2.27. The van der Waals surface area contributed by atoms with Gasteiger partial charge in [-0.05, 0) is 62.3 Å². The van der Waals surface area contributed by atoms with Crippen molar-refractivity contribution in [1.29, 1.82) is 0 Å². The zero-order valence-electron chi connectivity index (χ0n) is 15.4. The van der Waals surface area contributed by atoms with Gasteiger partial charge in [0.15, 0.2) is 0 Å². The summed E-state index contributed by atoms with van der Waals surface area (Å²) in [5.41, 5.74) is 4.75. The Balaban J connectivity index is 1.74. The summed E-state index contributed by atoms with van der Waals surface area (Å²) in [7, 11) is 2.17. The second kappa shape index (κ2) is 6.68. The predicted octanol–water partition coefficient (Wildman–Crippen LogP) is 4.93. The van der Waals surface area contributed by atoms with Crippen LogP contribution < -0.4 is 0 Å². The molecule has 3 rings (SSSR count). The summed E-state index contributed by atoms with van der Waals surface area (Å²) < 4.78 is 2.28. The Morgan fingerprint density at radius 1 is 1.22 bits per heavy atom. The predicted molar refractivity (Wildman–Crippen MR) is 100 cm³/mol. The number of aryl methyl sites for hydroxylation is 2. The van der Waals surface area contributed by atoms with Gasteiger partial charge in [-0.15, -0.1) is 0 Å². The summed E-state index contributed by atoms with van der Waals surface area (Å²) in [5.74, 6) is 0. The molecule has 1 fully saturated rings. The lowest BCUT2D eigenvalue weighted by molar-refractivity contribution is 0.175. The van der Waals surface area contributed by atoms with E-state index >= 15 is 0 Å². The second-order valence-electron chi connectivity index (χ2n) is 7.93. The van der Waals surface area contributed by atoms with Gasteiger partial charge in [0.1, 0.15) is 0 Å². The van der Waals surface area contributed by atoms with Gasteiger partial charge in [0.2, 0.25) is 0 Å². The van der Waals surface area contributed by atoms with E-state index in [1.165, 1.54) is 73.8 Å². The summed E-state index contributed by atoms with van der Waals surface area (Å²) in [6.07, 6.45) is 8.96. The molecule has 0 radical (unpaired) electrons. The van der Waals surface area contributed by atoms with Crippen LogP contribution >= 0.6 is 0 Å². The lowest BCUT2D eigenvalue weighted by atomic mass is 9.83. The van der Waals surface area contributed by atoms with Gasteiger partial charge in [-0.2, -0.15) is 0 Å². The van der Waals surface area contributed by atoms with Gasteiger partial charge in [-0.3, -0.25) is 0 Å². The molecule has 1 saturated heterocycles. The van der Waals surface area contributed by atoms with Crippen LogP contribution in [0.2, 0.25) is 0 Å². The second-order valence-corrected chi connectivity index (χ2v) is 7.93. The van der Waals surface area contributed by atoms with Gasteiger partial charge >= 0.3 is 0 Å². The van der Waals surface area contributed by atoms with Crippen molar-refractivity contribution in [1.82, 2.24) is 9.47 Å². The lowest BCUT2D eigenvalue weighted by Crippen LogP contribution is -2.35. The first-order valence-corrected chi connectivity index (χ1v) is 9.28. The summed E-state index contributed by atoms with van der Waals surface area (Å²) in [6.45, 7) is 10.8. The molecule has 0 bridgehead atoms. The molecule has 1 aliphatic heterocycles. The first-order valence-electron chi connectivity index (χ1n) is 9.28. The van der Waals surface area contributed by atoms with E-state index < -0.39 is 0 Å². The molecule has 0 amide bonds. The Kier molecular flexibility index (Phi) is 4.82. The minimum absolute atomic E-state index is 0.520. The van der Waals surface area contributed by atoms with Gasteiger partial charge in [-0.25, -0.2) is 0 Å². The zero-order valence-corrected chi connectivity index (χ0v) is 15.4. The molecular weight excluding hydrogens is 280 g/mol. The normalized spacial score (nSPS) is 23.3. The number of rotatable bonds is 4. The van der Waals surface area contributed by atoms with E-state index in [1.54, 1.807) is 0 Å². The van der Waals surface area contributed by atoms with Crippen LogP contribution in [0, 0.1) is 12.3 Å². The van der Waals surface area contributed by atoms with Crippen LogP contribution in [0.4, 0.5) is 0 Å². The monoisotopic (exact) mass is 312 g/mol. The third-order valence-corrected chi connectivity index (χ3v) is 5.89. The summed E-state index contributed by atoms with van der Waals surface area (Å²) in [5, 5.41) is 1.44. The fraction of sp³-hybridized carbons (Fsp3) is 0.619. The average Bonchev–Trinajstić information content (AvgIpc) is 2.71. The molecule has 23 heavy (non-hydrogen) atoms. The SMILES string of the molecule is CCC1(C)CCCCN(CCc2cn(C)c3ccc(C)cc23)C1. The molecule has 2 heteroatoms. The number of likely N-dealkylation sites (tertiary alicyclic amines) is 1. The van der Waals surface area contributed by atoms with Crippen molar-refractivity contribution in [3.8, 4) is 0 Å². The van der Waals surface area contributed by atoms with Gasteiger partial charge in [-0.1, -0.05) is 31.9 Å². The minimum atomic E-state index is 0.520. The third-order valence-electron chi connectivity index (χ3n) is 5.89. The van der Waals surface area contributed by atoms with E-state index in [2.05, 4.69) is 61.7 Å².